The van der Waals surface area contributed by atoms with E-state index < -0.39 is 24.4 Å². The van der Waals surface area contributed by atoms with Gasteiger partial charge in [0.1, 0.15) is 18.2 Å². The number of nitrogens with one attached hydrogen (secondary N) is 2. The zero-order valence-electron chi connectivity index (χ0n) is 41.4. The molecule has 1 aromatic carbocycles. The van der Waals surface area contributed by atoms with Gasteiger partial charge in [-0.1, -0.05) is 41.2 Å². The molecule has 67 heavy (non-hydrogen) atoms. The van der Waals surface area contributed by atoms with Crippen molar-refractivity contribution < 1.29 is 33.5 Å². The van der Waals surface area contributed by atoms with E-state index in [4.69, 9.17) is 19.3 Å². The van der Waals surface area contributed by atoms with Crippen molar-refractivity contribution in [3.63, 3.8) is 0 Å². The van der Waals surface area contributed by atoms with Crippen LogP contribution in [0, 0.1) is 29.1 Å². The van der Waals surface area contributed by atoms with Crippen LogP contribution in [0.5, 0.6) is 0 Å². The van der Waals surface area contributed by atoms with E-state index in [0.717, 1.165) is 69.5 Å². The Morgan fingerprint density at radius 2 is 1.88 bits per heavy atom. The third-order valence-corrected chi connectivity index (χ3v) is 14.9. The number of hydroxylamine groups is 2. The van der Waals surface area contributed by atoms with Gasteiger partial charge < -0.3 is 34.1 Å². The summed E-state index contributed by atoms with van der Waals surface area (Å²) in [7, 11) is 3.41. The minimum Gasteiger partial charge on any atom is -0.375 e. The first kappa shape index (κ1) is 48.8. The molecule has 3 unspecified atom stereocenters. The van der Waals surface area contributed by atoms with Crippen LogP contribution in [0.3, 0.4) is 0 Å². The standard InChI is InChI=1S/C51H75N9O7/c1-11-43(61)57-22-19-35(29-57)48(63)55(9)45(31(3)4)47(62)53-40-24-34-15-13-20-56(28-34)36-17-18-41-37(25-36)39(46(58(41)12-2)38-23-32(5)27-52-44(38)33(6)65-10)26-51(7,8)30-66-50-60(67-50)42-16-14-21-59(54-42)49(40)64/h11,17-18,25,27,31-35,40,42,45,50,54H,1,12-16,19-24,26,28-30H2,2-10H3,(H,53,62)/t32?,33-,34-,35-,40-,42+,45-,50?,60?/m0/s1. The number of carbonyl (C=O) groups excluding carboxylic acids is 4. The lowest BCUT2D eigenvalue weighted by atomic mass is 9.83. The van der Waals surface area contributed by atoms with Crippen molar-refractivity contribution >= 4 is 52.0 Å². The van der Waals surface area contributed by atoms with Gasteiger partial charge in [-0.05, 0) is 118 Å². The SMILES string of the molecule is C=CC(=O)N1CC[C@H](C(=O)N(C)[C@H](C(=O)N[C@H]2C[C@@H]3CCCN(C3)c3ccc4c(c3)c(c(C3=C([C@H](C)OC)N=CC(C)C3)n4CC)CC(C)(C)COC3ON3[C@@H]3CCCN(N3)C2=O)C(C)C)C1. The average Bonchev–Trinajstić information content (AvgIpc) is 3.82. The number of likely N-dealkylation sites (tertiary alicyclic amines) is 1. The summed E-state index contributed by atoms with van der Waals surface area (Å²) in [5, 5.41) is 7.87. The highest BCUT2D eigenvalue weighted by Gasteiger charge is 2.48. The molecule has 6 bridgehead atoms. The van der Waals surface area contributed by atoms with E-state index in [1.54, 1.807) is 29.1 Å². The Morgan fingerprint density at radius 1 is 1.10 bits per heavy atom. The second kappa shape index (κ2) is 20.2. The third kappa shape index (κ3) is 10.2. The highest BCUT2D eigenvalue weighted by atomic mass is 17.0. The number of hydrogen-bond acceptors (Lipinski definition) is 11. The Bertz CT molecular complexity index is 2270. The van der Waals surface area contributed by atoms with Crippen LogP contribution >= 0.6 is 0 Å². The van der Waals surface area contributed by atoms with Crippen molar-refractivity contribution in [2.45, 2.75) is 137 Å². The minimum absolute atomic E-state index is 0.0948. The molecule has 4 saturated heterocycles. The van der Waals surface area contributed by atoms with Crippen molar-refractivity contribution in [2.75, 3.05) is 58.4 Å². The quantitative estimate of drug-likeness (QED) is 0.224. The van der Waals surface area contributed by atoms with Crippen molar-refractivity contribution in [2.24, 2.45) is 34.1 Å². The summed E-state index contributed by atoms with van der Waals surface area (Å²) in [5.41, 5.74) is 10.2. The number of rotatable bonds is 10. The first-order valence-corrected chi connectivity index (χ1v) is 24.8. The number of carbonyl (C=O) groups is 4. The van der Waals surface area contributed by atoms with Gasteiger partial charge in [-0.25, -0.2) is 10.3 Å². The fourth-order valence-corrected chi connectivity index (χ4v) is 11.4. The topological polar surface area (TPSA) is 157 Å². The van der Waals surface area contributed by atoms with Gasteiger partial charge in [0, 0.05) is 81.8 Å². The minimum atomic E-state index is -0.849. The largest absolute Gasteiger partial charge is 0.375 e. The van der Waals surface area contributed by atoms with E-state index >= 15 is 0 Å². The maximum Gasteiger partial charge on any atom is 0.260 e. The number of fused-ring (bicyclic) bond motifs is 8. The molecule has 0 saturated carbocycles. The van der Waals surface area contributed by atoms with Crippen LogP contribution in [0.15, 0.2) is 41.5 Å². The highest BCUT2D eigenvalue weighted by molar-refractivity contribution is 5.95. The van der Waals surface area contributed by atoms with Gasteiger partial charge in [-0.15, -0.1) is 5.06 Å². The molecule has 4 amide bonds. The lowest BCUT2D eigenvalue weighted by Crippen LogP contribution is -2.62. The Hall–Kier alpha value is -4.61. The third-order valence-electron chi connectivity index (χ3n) is 14.9. The first-order valence-electron chi connectivity index (χ1n) is 24.8. The number of amides is 4. The van der Waals surface area contributed by atoms with Gasteiger partial charge in [0.2, 0.25) is 17.7 Å². The van der Waals surface area contributed by atoms with Crippen molar-refractivity contribution in [1.82, 2.24) is 35.2 Å². The molecule has 6 aliphatic heterocycles. The predicted molar refractivity (Wildman–Crippen MR) is 259 cm³/mol. The van der Waals surface area contributed by atoms with Crippen LogP contribution in [-0.4, -0.2) is 139 Å². The lowest BCUT2D eigenvalue weighted by Gasteiger charge is -2.39. The van der Waals surface area contributed by atoms with Gasteiger partial charge in [0.15, 0.2) is 0 Å². The summed E-state index contributed by atoms with van der Waals surface area (Å²) in [6, 6.07) is 5.22. The number of nitrogens with zero attached hydrogens (tertiary/aromatic N) is 7. The van der Waals surface area contributed by atoms with Crippen LogP contribution < -0.4 is 15.6 Å². The molecule has 0 spiro atoms. The Morgan fingerprint density at radius 3 is 2.61 bits per heavy atom. The summed E-state index contributed by atoms with van der Waals surface area (Å²) in [6.07, 6.45) is 8.21. The Labute approximate surface area is 397 Å². The molecule has 0 radical (unpaired) electrons. The van der Waals surface area contributed by atoms with E-state index in [1.165, 1.54) is 38.7 Å². The molecule has 16 nitrogen and oxygen atoms in total. The van der Waals surface area contributed by atoms with Gasteiger partial charge >= 0.3 is 0 Å². The number of allylic oxidation sites excluding steroid dienone is 1. The molecule has 1 aromatic heterocycles. The molecule has 9 atom stereocenters. The number of ether oxygens (including phenoxy) is 2. The van der Waals surface area contributed by atoms with Gasteiger partial charge in [0.25, 0.3) is 12.3 Å². The van der Waals surface area contributed by atoms with E-state index in [1.807, 2.05) is 13.8 Å². The number of hydrazine groups is 1. The lowest BCUT2D eigenvalue weighted by molar-refractivity contribution is -0.147. The number of aryl methyl sites for hydroxylation is 1. The zero-order valence-corrected chi connectivity index (χ0v) is 41.4. The smallest absolute Gasteiger partial charge is 0.260 e. The number of aliphatic imine (C=N–C) groups is 1. The summed E-state index contributed by atoms with van der Waals surface area (Å²) in [6.45, 7) is 22.5. The Balaban J connectivity index is 1.14. The fourth-order valence-electron chi connectivity index (χ4n) is 11.4. The number of anilines is 1. The summed E-state index contributed by atoms with van der Waals surface area (Å²) < 4.78 is 14.9. The molecule has 2 aromatic rings. The van der Waals surface area contributed by atoms with Crippen LogP contribution in [0.25, 0.3) is 16.5 Å². The molecule has 6 aliphatic rings. The maximum atomic E-state index is 14.9. The number of hydrogen-bond donors (Lipinski definition) is 2. The number of methoxy groups -OCH3 is 1. The second-order valence-electron chi connectivity index (χ2n) is 21.0. The molecular formula is C51H75N9O7. The molecule has 7 heterocycles. The Kier molecular flexibility index (Phi) is 14.7. The predicted octanol–water partition coefficient (Wildman–Crippen LogP) is 5.71. The number of aromatic nitrogens is 1. The molecule has 8 rings (SSSR count). The number of piperidine rings is 1. The molecule has 0 aliphatic carbocycles. The van der Waals surface area contributed by atoms with Crippen LogP contribution in [-0.2, 0) is 46.5 Å². The van der Waals surface area contributed by atoms with Gasteiger partial charge in [0.05, 0.1) is 30.0 Å². The van der Waals surface area contributed by atoms with E-state index in [0.29, 0.717) is 32.5 Å². The van der Waals surface area contributed by atoms with Gasteiger partial charge in [-0.3, -0.25) is 29.2 Å². The molecule has 366 valence electrons. The van der Waals surface area contributed by atoms with Crippen LogP contribution in [0.2, 0.25) is 0 Å². The normalized spacial score (nSPS) is 28.7. The van der Waals surface area contributed by atoms with Crippen LogP contribution in [0.4, 0.5) is 5.69 Å². The van der Waals surface area contributed by atoms with E-state index in [-0.39, 0.29) is 65.6 Å². The molecular weight excluding hydrogens is 851 g/mol. The number of benzene rings is 1. The molecule has 4 fully saturated rings. The first-order chi connectivity index (χ1) is 32.0. The summed E-state index contributed by atoms with van der Waals surface area (Å²) in [4.78, 5) is 72.5. The van der Waals surface area contributed by atoms with Crippen molar-refractivity contribution in [3.8, 4) is 0 Å². The molecule has 16 heteroatoms. The zero-order chi connectivity index (χ0) is 47.9. The number of likely N-dealkylation sites (N-methyl/N-ethyl adjacent to an activating group) is 1. The van der Waals surface area contributed by atoms with Crippen molar-refractivity contribution in [1.29, 1.82) is 0 Å². The fraction of sp³-hybridized carbons (Fsp3) is 0.667. The van der Waals surface area contributed by atoms with Crippen LogP contribution in [0.1, 0.15) is 105 Å². The summed E-state index contributed by atoms with van der Waals surface area (Å²) in [5.74, 6) is -1.26. The second-order valence-corrected chi connectivity index (χ2v) is 21.0. The van der Waals surface area contributed by atoms with E-state index in [9.17, 15) is 19.2 Å². The summed E-state index contributed by atoms with van der Waals surface area (Å²) >= 11 is 0. The molecule has 2 N–H and O–H groups in total. The highest BCUT2D eigenvalue weighted by Crippen LogP contribution is 2.43. The van der Waals surface area contributed by atoms with E-state index in [2.05, 4.69) is 85.8 Å². The maximum absolute atomic E-state index is 14.9. The van der Waals surface area contributed by atoms with Crippen molar-refractivity contribution in [3.05, 3.63) is 47.8 Å². The monoisotopic (exact) mass is 926 g/mol. The van der Waals surface area contributed by atoms with Gasteiger partial charge in [-0.2, -0.15) is 0 Å². The average molecular weight is 926 g/mol.